The van der Waals surface area contributed by atoms with E-state index in [0.717, 1.165) is 28.8 Å². The third-order valence-electron chi connectivity index (χ3n) is 5.99. The molecule has 0 aliphatic heterocycles. The number of rotatable bonds is 7. The van der Waals surface area contributed by atoms with Crippen LogP contribution in [0.4, 0.5) is 0 Å². The summed E-state index contributed by atoms with van der Waals surface area (Å²) < 4.78 is 0. The summed E-state index contributed by atoms with van der Waals surface area (Å²) in [5.41, 5.74) is 5.77. The van der Waals surface area contributed by atoms with Gasteiger partial charge in [-0.1, -0.05) is 69.3 Å². The molecule has 2 aromatic heterocycles. The van der Waals surface area contributed by atoms with Crippen molar-refractivity contribution in [2.75, 3.05) is 6.54 Å². The van der Waals surface area contributed by atoms with E-state index in [1.54, 1.807) is 6.20 Å². The van der Waals surface area contributed by atoms with E-state index in [1.165, 1.54) is 10.9 Å². The quantitative estimate of drug-likeness (QED) is 0.397. The fourth-order valence-corrected chi connectivity index (χ4v) is 4.14. The minimum absolute atomic E-state index is 0.0185. The summed E-state index contributed by atoms with van der Waals surface area (Å²) in [5, 5.41) is 4.25. The maximum atomic E-state index is 12.9. The standard InChI is InChI=1S/C28H31N3O/c1-28(2,3)21-13-11-20(12-14-21)24(25-19-31-26-10-5-4-9-23(25)26)18-27(32)30-17-15-22-8-6-7-16-29-22/h4-14,16,19,24,31H,15,17-18H2,1-3H3,(H,30,32)/t24-/m0/s1. The van der Waals surface area contributed by atoms with Gasteiger partial charge in [-0.05, 0) is 40.3 Å². The molecular weight excluding hydrogens is 394 g/mol. The number of aromatic amines is 1. The van der Waals surface area contributed by atoms with Crippen molar-refractivity contribution >= 4 is 16.8 Å². The molecule has 2 aromatic carbocycles. The van der Waals surface area contributed by atoms with Gasteiger partial charge >= 0.3 is 0 Å². The molecule has 0 fully saturated rings. The minimum Gasteiger partial charge on any atom is -0.361 e. The number of nitrogens with one attached hydrogen (secondary N) is 2. The second-order valence-electron chi connectivity index (χ2n) is 9.34. The number of benzene rings is 2. The highest BCUT2D eigenvalue weighted by molar-refractivity contribution is 5.86. The second-order valence-corrected chi connectivity index (χ2v) is 9.34. The molecule has 0 radical (unpaired) electrons. The number of carbonyl (C=O) groups excluding carboxylic acids is 1. The topological polar surface area (TPSA) is 57.8 Å². The molecule has 164 valence electrons. The van der Waals surface area contributed by atoms with E-state index < -0.39 is 0 Å². The van der Waals surface area contributed by atoms with Gasteiger partial charge in [-0.25, -0.2) is 0 Å². The molecular formula is C28H31N3O. The van der Waals surface area contributed by atoms with Crippen molar-refractivity contribution in [2.45, 2.75) is 44.9 Å². The van der Waals surface area contributed by atoms with Crippen LogP contribution in [0.3, 0.4) is 0 Å². The first kappa shape index (κ1) is 21.8. The van der Waals surface area contributed by atoms with Crippen molar-refractivity contribution < 1.29 is 4.79 Å². The van der Waals surface area contributed by atoms with E-state index in [2.05, 4.69) is 72.5 Å². The number of para-hydroxylation sites is 1. The van der Waals surface area contributed by atoms with Crippen LogP contribution in [0.25, 0.3) is 10.9 Å². The third-order valence-corrected chi connectivity index (χ3v) is 5.99. The van der Waals surface area contributed by atoms with Crippen LogP contribution < -0.4 is 5.32 Å². The Morgan fingerprint density at radius 3 is 2.47 bits per heavy atom. The highest BCUT2D eigenvalue weighted by Crippen LogP contribution is 2.34. The van der Waals surface area contributed by atoms with Crippen LogP contribution in [-0.2, 0) is 16.6 Å². The molecule has 0 bridgehead atoms. The van der Waals surface area contributed by atoms with Gasteiger partial charge in [-0.3, -0.25) is 9.78 Å². The smallest absolute Gasteiger partial charge is 0.220 e. The number of nitrogens with zero attached hydrogens (tertiary/aromatic N) is 1. The number of hydrogen-bond acceptors (Lipinski definition) is 2. The highest BCUT2D eigenvalue weighted by Gasteiger charge is 2.22. The van der Waals surface area contributed by atoms with Gasteiger partial charge in [0.05, 0.1) is 0 Å². The van der Waals surface area contributed by atoms with Gasteiger partial charge < -0.3 is 10.3 Å². The summed E-state index contributed by atoms with van der Waals surface area (Å²) in [6.45, 7) is 7.23. The zero-order valence-electron chi connectivity index (χ0n) is 19.1. The zero-order chi connectivity index (χ0) is 22.6. The largest absolute Gasteiger partial charge is 0.361 e. The summed E-state index contributed by atoms with van der Waals surface area (Å²) in [6.07, 6.45) is 4.96. The van der Waals surface area contributed by atoms with Crippen LogP contribution in [0.5, 0.6) is 0 Å². The van der Waals surface area contributed by atoms with Crippen LogP contribution in [-0.4, -0.2) is 22.4 Å². The molecule has 4 heteroatoms. The molecule has 0 saturated carbocycles. The predicted molar refractivity (Wildman–Crippen MR) is 131 cm³/mol. The predicted octanol–water partition coefficient (Wildman–Crippen LogP) is 5.74. The average Bonchev–Trinajstić information content (AvgIpc) is 3.22. The van der Waals surface area contributed by atoms with E-state index in [9.17, 15) is 4.79 Å². The Balaban J connectivity index is 1.56. The highest BCUT2D eigenvalue weighted by atomic mass is 16.1. The Bertz CT molecular complexity index is 1170. The first-order valence-electron chi connectivity index (χ1n) is 11.2. The lowest BCUT2D eigenvalue weighted by molar-refractivity contribution is -0.121. The maximum Gasteiger partial charge on any atom is 0.220 e. The van der Waals surface area contributed by atoms with Gasteiger partial charge in [0.15, 0.2) is 0 Å². The molecule has 32 heavy (non-hydrogen) atoms. The molecule has 0 spiro atoms. The van der Waals surface area contributed by atoms with Gasteiger partial charge in [0.25, 0.3) is 0 Å². The van der Waals surface area contributed by atoms with Gasteiger partial charge in [-0.2, -0.15) is 0 Å². The summed E-state index contributed by atoms with van der Waals surface area (Å²) in [4.78, 5) is 20.6. The summed E-state index contributed by atoms with van der Waals surface area (Å²) in [6, 6.07) is 22.9. The van der Waals surface area contributed by atoms with Gasteiger partial charge in [0, 0.05) is 54.3 Å². The van der Waals surface area contributed by atoms with E-state index in [0.29, 0.717) is 13.0 Å². The molecule has 4 nitrogen and oxygen atoms in total. The first-order valence-corrected chi connectivity index (χ1v) is 11.2. The number of H-pyrrole nitrogens is 1. The molecule has 1 atom stereocenters. The van der Waals surface area contributed by atoms with Gasteiger partial charge in [0.1, 0.15) is 0 Å². The molecule has 2 heterocycles. The van der Waals surface area contributed by atoms with Crippen LogP contribution in [0, 0.1) is 0 Å². The summed E-state index contributed by atoms with van der Waals surface area (Å²) >= 11 is 0. The molecule has 4 aromatic rings. The lowest BCUT2D eigenvalue weighted by Gasteiger charge is -2.22. The van der Waals surface area contributed by atoms with Crippen LogP contribution >= 0.6 is 0 Å². The minimum atomic E-state index is -0.0185. The van der Waals surface area contributed by atoms with E-state index in [-0.39, 0.29) is 17.2 Å². The molecule has 2 N–H and O–H groups in total. The number of amides is 1. The molecule has 0 unspecified atom stereocenters. The van der Waals surface area contributed by atoms with E-state index >= 15 is 0 Å². The van der Waals surface area contributed by atoms with E-state index in [4.69, 9.17) is 0 Å². The fourth-order valence-electron chi connectivity index (χ4n) is 4.14. The number of carbonyl (C=O) groups is 1. The maximum absolute atomic E-state index is 12.9. The second kappa shape index (κ2) is 9.39. The number of fused-ring (bicyclic) bond motifs is 1. The van der Waals surface area contributed by atoms with Gasteiger partial charge in [0.2, 0.25) is 5.91 Å². The number of aromatic nitrogens is 2. The summed E-state index contributed by atoms with van der Waals surface area (Å²) in [7, 11) is 0. The Labute approximate surface area is 190 Å². The number of pyridine rings is 1. The van der Waals surface area contributed by atoms with Crippen molar-refractivity contribution in [2.24, 2.45) is 0 Å². The molecule has 4 rings (SSSR count). The van der Waals surface area contributed by atoms with Crippen LogP contribution in [0.15, 0.2) is 79.1 Å². The third kappa shape index (κ3) is 5.08. The Morgan fingerprint density at radius 2 is 1.75 bits per heavy atom. The average molecular weight is 426 g/mol. The molecule has 0 aliphatic carbocycles. The van der Waals surface area contributed by atoms with Gasteiger partial charge in [-0.15, -0.1) is 0 Å². The van der Waals surface area contributed by atoms with Crippen molar-refractivity contribution in [1.82, 2.24) is 15.3 Å². The lowest BCUT2D eigenvalue weighted by atomic mass is 9.83. The molecule has 0 saturated heterocycles. The molecule has 1 amide bonds. The Morgan fingerprint density at radius 1 is 1.00 bits per heavy atom. The monoisotopic (exact) mass is 425 g/mol. The Kier molecular flexibility index (Phi) is 6.40. The SMILES string of the molecule is CC(C)(C)c1ccc([C@H](CC(=O)NCCc2ccccn2)c2c[nH]c3ccccc23)cc1. The lowest BCUT2D eigenvalue weighted by Crippen LogP contribution is -2.27. The first-order chi connectivity index (χ1) is 15.4. The molecule has 0 aliphatic rings. The van der Waals surface area contributed by atoms with Crippen molar-refractivity contribution in [3.05, 3.63) is 102 Å². The fraction of sp³-hybridized carbons (Fsp3) is 0.286. The van der Waals surface area contributed by atoms with Crippen molar-refractivity contribution in [1.29, 1.82) is 0 Å². The van der Waals surface area contributed by atoms with E-state index in [1.807, 2.05) is 36.5 Å². The number of hydrogen-bond donors (Lipinski definition) is 2. The van der Waals surface area contributed by atoms with Crippen molar-refractivity contribution in [3.8, 4) is 0 Å². The van der Waals surface area contributed by atoms with Crippen LogP contribution in [0.1, 0.15) is 55.5 Å². The normalized spacial score (nSPS) is 12.6. The van der Waals surface area contributed by atoms with Crippen molar-refractivity contribution in [3.63, 3.8) is 0 Å². The Hall–Kier alpha value is -3.40. The van der Waals surface area contributed by atoms with Crippen LogP contribution in [0.2, 0.25) is 0 Å². The summed E-state index contributed by atoms with van der Waals surface area (Å²) in [5.74, 6) is 0.0335. The zero-order valence-corrected chi connectivity index (χ0v) is 19.1.